The van der Waals surface area contributed by atoms with E-state index in [2.05, 4.69) is 4.72 Å². The average Bonchev–Trinajstić information content (AvgIpc) is 3.32. The molecule has 0 unspecified atom stereocenters. The molecule has 2 aliphatic rings. The van der Waals surface area contributed by atoms with Gasteiger partial charge in [-0.1, -0.05) is 31.0 Å². The Labute approximate surface area is 166 Å². The third-order valence-electron chi connectivity index (χ3n) is 5.84. The topological polar surface area (TPSA) is 66.5 Å². The lowest BCUT2D eigenvalue weighted by molar-refractivity contribution is -0.122. The maximum Gasteiger partial charge on any atom is 0.262 e. The first-order valence-corrected chi connectivity index (χ1v) is 11.4. The number of benzene rings is 2. The molecule has 1 heterocycles. The molecule has 28 heavy (non-hydrogen) atoms. The van der Waals surface area contributed by atoms with E-state index in [1.807, 2.05) is 30.0 Å². The number of nitrogens with zero attached hydrogens (tertiary/aromatic N) is 1. The Bertz CT molecular complexity index is 1020. The van der Waals surface area contributed by atoms with Gasteiger partial charge in [0, 0.05) is 18.2 Å². The van der Waals surface area contributed by atoms with Gasteiger partial charge in [0.2, 0.25) is 5.91 Å². The van der Waals surface area contributed by atoms with Crippen LogP contribution >= 0.6 is 0 Å². The van der Waals surface area contributed by atoms with Crippen molar-refractivity contribution >= 4 is 27.3 Å². The molecule has 148 valence electrons. The van der Waals surface area contributed by atoms with E-state index in [0.717, 1.165) is 48.9 Å². The zero-order valence-electron chi connectivity index (χ0n) is 16.4. The first-order chi connectivity index (χ1) is 13.3. The summed E-state index contributed by atoms with van der Waals surface area (Å²) >= 11 is 0. The van der Waals surface area contributed by atoms with Crippen molar-refractivity contribution in [3.05, 3.63) is 53.1 Å². The number of hydrogen-bond acceptors (Lipinski definition) is 3. The molecule has 4 rings (SSSR count). The molecule has 0 radical (unpaired) electrons. The second-order valence-corrected chi connectivity index (χ2v) is 9.59. The summed E-state index contributed by atoms with van der Waals surface area (Å²) in [6, 6.07) is 10.9. The minimum atomic E-state index is -3.69. The Hall–Kier alpha value is -2.34. The summed E-state index contributed by atoms with van der Waals surface area (Å²) in [5.74, 6) is 0.298. The lowest BCUT2D eigenvalue weighted by Crippen LogP contribution is -2.33. The number of hydrogen-bond donors (Lipinski definition) is 1. The third kappa shape index (κ3) is 3.53. The van der Waals surface area contributed by atoms with Crippen LogP contribution in [0, 0.1) is 19.8 Å². The van der Waals surface area contributed by atoms with Crippen LogP contribution in [0.4, 0.5) is 11.4 Å². The summed E-state index contributed by atoms with van der Waals surface area (Å²) in [4.78, 5) is 15.0. The Morgan fingerprint density at radius 2 is 1.82 bits per heavy atom. The highest BCUT2D eigenvalue weighted by molar-refractivity contribution is 7.92. The molecule has 1 amide bonds. The number of anilines is 2. The lowest BCUT2D eigenvalue weighted by atomic mass is 10.1. The van der Waals surface area contributed by atoms with Gasteiger partial charge in [0.1, 0.15) is 0 Å². The molecule has 2 aromatic carbocycles. The Kier molecular flexibility index (Phi) is 4.91. The number of sulfonamides is 1. The molecule has 0 spiro atoms. The van der Waals surface area contributed by atoms with Crippen molar-refractivity contribution in [2.45, 2.75) is 50.8 Å². The highest BCUT2D eigenvalue weighted by atomic mass is 32.2. The van der Waals surface area contributed by atoms with Gasteiger partial charge in [0.25, 0.3) is 10.0 Å². The number of carbonyl (C=O) groups is 1. The maximum atomic E-state index is 12.9. The Morgan fingerprint density at radius 3 is 2.57 bits per heavy atom. The van der Waals surface area contributed by atoms with Gasteiger partial charge in [-0.3, -0.25) is 9.52 Å². The van der Waals surface area contributed by atoms with Gasteiger partial charge in [-0.05, 0) is 68.0 Å². The van der Waals surface area contributed by atoms with Crippen LogP contribution in [0.15, 0.2) is 41.3 Å². The molecule has 1 aliphatic carbocycles. The van der Waals surface area contributed by atoms with Crippen LogP contribution in [0.1, 0.15) is 42.4 Å². The number of carbonyl (C=O) groups excluding carboxylic acids is 1. The van der Waals surface area contributed by atoms with Gasteiger partial charge in [-0.25, -0.2) is 8.42 Å². The van der Waals surface area contributed by atoms with E-state index in [-0.39, 0.29) is 16.7 Å². The first kappa shape index (κ1) is 19.0. The molecule has 0 aromatic heterocycles. The minimum Gasteiger partial charge on any atom is -0.312 e. The molecular weight excluding hydrogens is 372 g/mol. The molecule has 5 nitrogen and oxygen atoms in total. The molecule has 1 aliphatic heterocycles. The average molecular weight is 399 g/mol. The summed E-state index contributed by atoms with van der Waals surface area (Å²) in [6.07, 6.45) is 4.98. The first-order valence-electron chi connectivity index (χ1n) is 9.89. The highest BCUT2D eigenvalue weighted by Gasteiger charge is 2.32. The van der Waals surface area contributed by atoms with E-state index in [9.17, 15) is 13.2 Å². The van der Waals surface area contributed by atoms with Crippen molar-refractivity contribution in [2.24, 2.45) is 5.92 Å². The van der Waals surface area contributed by atoms with Crippen LogP contribution in [-0.4, -0.2) is 20.9 Å². The predicted molar refractivity (Wildman–Crippen MR) is 111 cm³/mol. The molecule has 0 saturated heterocycles. The monoisotopic (exact) mass is 398 g/mol. The molecule has 1 fully saturated rings. The molecule has 1 N–H and O–H groups in total. The van der Waals surface area contributed by atoms with Gasteiger partial charge >= 0.3 is 0 Å². The minimum absolute atomic E-state index is 0.112. The molecular formula is C22H26N2O3S. The van der Waals surface area contributed by atoms with E-state index < -0.39 is 10.0 Å². The molecule has 0 bridgehead atoms. The zero-order chi connectivity index (χ0) is 19.9. The lowest BCUT2D eigenvalue weighted by Gasteiger charge is -2.22. The van der Waals surface area contributed by atoms with Gasteiger partial charge < -0.3 is 4.90 Å². The number of aryl methyl sites for hydroxylation is 2. The van der Waals surface area contributed by atoms with Crippen LogP contribution in [0.25, 0.3) is 0 Å². The summed E-state index contributed by atoms with van der Waals surface area (Å²) in [5.41, 5.74) is 4.04. The number of amides is 1. The Balaban J connectivity index is 1.61. The number of fused-ring (bicyclic) bond motifs is 1. The quantitative estimate of drug-likeness (QED) is 0.840. The van der Waals surface area contributed by atoms with Crippen molar-refractivity contribution in [3.63, 3.8) is 0 Å². The standard InChI is InChI=1S/C22H26N2O3S/c1-15-7-8-16(2)21(13-15)28(26,27)23-19-10-9-17-11-12-24(20(17)14-19)22(25)18-5-3-4-6-18/h7-10,13-14,18,23H,3-6,11-12H2,1-2H3. The predicted octanol–water partition coefficient (Wildman–Crippen LogP) is 4.18. The van der Waals surface area contributed by atoms with Crippen molar-refractivity contribution < 1.29 is 13.2 Å². The summed E-state index contributed by atoms with van der Waals surface area (Å²) in [7, 11) is -3.69. The molecule has 0 atom stereocenters. The van der Waals surface area contributed by atoms with Crippen LogP contribution in [0.5, 0.6) is 0 Å². The third-order valence-corrected chi connectivity index (χ3v) is 7.36. The highest BCUT2D eigenvalue weighted by Crippen LogP contribution is 2.35. The van der Waals surface area contributed by atoms with E-state index in [1.165, 1.54) is 0 Å². The van der Waals surface area contributed by atoms with Crippen molar-refractivity contribution in [3.8, 4) is 0 Å². The zero-order valence-corrected chi connectivity index (χ0v) is 17.2. The smallest absolute Gasteiger partial charge is 0.262 e. The second-order valence-electron chi connectivity index (χ2n) is 7.94. The van der Waals surface area contributed by atoms with Gasteiger partial charge in [0.05, 0.1) is 10.6 Å². The number of nitrogens with one attached hydrogen (secondary N) is 1. The summed E-state index contributed by atoms with van der Waals surface area (Å²) in [5, 5.41) is 0. The normalized spacial score (nSPS) is 17.0. The fourth-order valence-corrected chi connectivity index (χ4v) is 5.65. The van der Waals surface area contributed by atoms with Crippen molar-refractivity contribution in [2.75, 3.05) is 16.2 Å². The largest absolute Gasteiger partial charge is 0.312 e. The van der Waals surface area contributed by atoms with Crippen molar-refractivity contribution in [1.29, 1.82) is 0 Å². The van der Waals surface area contributed by atoms with Crippen LogP contribution < -0.4 is 9.62 Å². The van der Waals surface area contributed by atoms with Crippen molar-refractivity contribution in [1.82, 2.24) is 0 Å². The van der Waals surface area contributed by atoms with Gasteiger partial charge in [-0.15, -0.1) is 0 Å². The van der Waals surface area contributed by atoms with E-state index >= 15 is 0 Å². The van der Waals surface area contributed by atoms with Gasteiger partial charge in [-0.2, -0.15) is 0 Å². The summed E-state index contributed by atoms with van der Waals surface area (Å²) in [6.45, 7) is 4.34. The fraction of sp³-hybridized carbons (Fsp3) is 0.409. The van der Waals surface area contributed by atoms with Crippen LogP contribution in [0.2, 0.25) is 0 Å². The number of rotatable bonds is 4. The van der Waals surface area contributed by atoms with E-state index in [0.29, 0.717) is 17.8 Å². The SMILES string of the molecule is Cc1ccc(C)c(S(=O)(=O)Nc2ccc3c(c2)N(C(=O)C2CCCC2)CC3)c1. The molecule has 1 saturated carbocycles. The van der Waals surface area contributed by atoms with Gasteiger partial charge in [0.15, 0.2) is 0 Å². The Morgan fingerprint density at radius 1 is 1.07 bits per heavy atom. The fourth-order valence-electron chi connectivity index (χ4n) is 4.27. The van der Waals surface area contributed by atoms with E-state index in [1.54, 1.807) is 25.1 Å². The molecule has 6 heteroatoms. The maximum absolute atomic E-state index is 12.9. The van der Waals surface area contributed by atoms with E-state index in [4.69, 9.17) is 0 Å². The van der Waals surface area contributed by atoms with Crippen LogP contribution in [0.3, 0.4) is 0 Å². The van der Waals surface area contributed by atoms with Crippen LogP contribution in [-0.2, 0) is 21.2 Å². The molecule has 2 aromatic rings. The summed E-state index contributed by atoms with van der Waals surface area (Å²) < 4.78 is 28.5. The second kappa shape index (κ2) is 7.24.